The maximum absolute atomic E-state index is 13.1. The lowest BCUT2D eigenvalue weighted by Gasteiger charge is -2.22. The number of hydrogen-bond donors (Lipinski definition) is 1. The average Bonchev–Trinajstić information content (AvgIpc) is 2.66. The third-order valence-corrected chi connectivity index (χ3v) is 4.20. The van der Waals surface area contributed by atoms with Crippen molar-refractivity contribution in [2.45, 2.75) is 27.7 Å². The van der Waals surface area contributed by atoms with Crippen LogP contribution in [0.15, 0.2) is 24.3 Å². The van der Waals surface area contributed by atoms with Crippen molar-refractivity contribution in [1.29, 1.82) is 0 Å². The fraction of sp³-hybridized carbons (Fsp3) is 0.450. The fourth-order valence-corrected chi connectivity index (χ4v) is 2.86. The van der Waals surface area contributed by atoms with Crippen LogP contribution in [0.25, 0.3) is 11.3 Å². The highest BCUT2D eigenvalue weighted by molar-refractivity contribution is 6.01. The van der Waals surface area contributed by atoms with Crippen LogP contribution in [0.1, 0.15) is 36.8 Å². The zero-order valence-electron chi connectivity index (χ0n) is 16.5. The largest absolute Gasteiger partial charge is 0.490 e. The average molecular weight is 372 g/mol. The second kappa shape index (κ2) is 9.87. The van der Waals surface area contributed by atoms with Crippen LogP contribution in [0, 0.1) is 6.92 Å². The predicted molar refractivity (Wildman–Crippen MR) is 106 cm³/mol. The molecule has 1 heterocycles. The van der Waals surface area contributed by atoms with Gasteiger partial charge in [-0.2, -0.15) is 0 Å². The Balaban J connectivity index is 2.51. The summed E-state index contributed by atoms with van der Waals surface area (Å²) >= 11 is 0. The first-order valence-electron chi connectivity index (χ1n) is 9.26. The first-order valence-corrected chi connectivity index (χ1v) is 9.26. The summed E-state index contributed by atoms with van der Waals surface area (Å²) in [5, 5.41) is 0. The molecule has 0 aliphatic rings. The molecule has 146 valence electrons. The number of nitrogens with zero attached hydrogens (tertiary/aromatic N) is 3. The molecular weight excluding hydrogens is 344 g/mol. The highest BCUT2D eigenvalue weighted by Crippen LogP contribution is 2.33. The van der Waals surface area contributed by atoms with Crippen molar-refractivity contribution in [2.75, 3.05) is 38.6 Å². The van der Waals surface area contributed by atoms with Crippen LogP contribution in [-0.2, 0) is 4.74 Å². The monoisotopic (exact) mass is 372 g/mol. The summed E-state index contributed by atoms with van der Waals surface area (Å²) in [5.41, 5.74) is 8.10. The molecule has 2 aromatic rings. The van der Waals surface area contributed by atoms with E-state index in [0.717, 1.165) is 0 Å². The molecule has 7 heteroatoms. The van der Waals surface area contributed by atoms with E-state index in [1.807, 2.05) is 45.0 Å². The van der Waals surface area contributed by atoms with E-state index in [1.165, 1.54) is 0 Å². The van der Waals surface area contributed by atoms with Crippen LogP contribution in [0.4, 0.5) is 5.95 Å². The van der Waals surface area contributed by atoms with Gasteiger partial charge < -0.3 is 20.1 Å². The maximum atomic E-state index is 13.1. The number of carbonyl (C=O) groups excluding carboxylic acids is 1. The smallest absolute Gasteiger partial charge is 0.257 e. The van der Waals surface area contributed by atoms with Crippen molar-refractivity contribution >= 4 is 11.9 Å². The molecule has 0 bridgehead atoms. The summed E-state index contributed by atoms with van der Waals surface area (Å²) in [6, 6.07) is 7.48. The SMILES string of the molecule is CCOCCOc1ccccc1-c1nc(N)nc(C)c1C(=O)N(CC)CC. The lowest BCUT2D eigenvalue weighted by molar-refractivity contribution is 0.0772. The second-order valence-electron chi connectivity index (χ2n) is 5.91. The summed E-state index contributed by atoms with van der Waals surface area (Å²) in [6.45, 7) is 10.3. The molecule has 0 unspecified atom stereocenters. The third kappa shape index (κ3) is 4.95. The van der Waals surface area contributed by atoms with Crippen LogP contribution in [0.2, 0.25) is 0 Å². The van der Waals surface area contributed by atoms with Gasteiger partial charge in [0.15, 0.2) is 0 Å². The number of amides is 1. The normalized spacial score (nSPS) is 10.7. The number of rotatable bonds is 9. The number of benzene rings is 1. The van der Waals surface area contributed by atoms with E-state index in [-0.39, 0.29) is 11.9 Å². The van der Waals surface area contributed by atoms with Crippen LogP contribution in [0.3, 0.4) is 0 Å². The number of carbonyl (C=O) groups is 1. The van der Waals surface area contributed by atoms with Gasteiger partial charge in [0.2, 0.25) is 5.95 Å². The van der Waals surface area contributed by atoms with E-state index >= 15 is 0 Å². The molecule has 0 aliphatic heterocycles. The van der Waals surface area contributed by atoms with Crippen LogP contribution >= 0.6 is 0 Å². The van der Waals surface area contributed by atoms with Crippen molar-refractivity contribution in [1.82, 2.24) is 14.9 Å². The fourth-order valence-electron chi connectivity index (χ4n) is 2.86. The second-order valence-corrected chi connectivity index (χ2v) is 5.91. The number of para-hydroxylation sites is 1. The van der Waals surface area contributed by atoms with Crippen molar-refractivity contribution in [3.63, 3.8) is 0 Å². The van der Waals surface area contributed by atoms with Crippen LogP contribution < -0.4 is 10.5 Å². The van der Waals surface area contributed by atoms with E-state index < -0.39 is 0 Å². The van der Waals surface area contributed by atoms with Crippen molar-refractivity contribution in [3.8, 4) is 17.0 Å². The topological polar surface area (TPSA) is 90.6 Å². The van der Waals surface area contributed by atoms with Crippen molar-refractivity contribution in [3.05, 3.63) is 35.5 Å². The Kier molecular flexibility index (Phi) is 7.55. The van der Waals surface area contributed by atoms with Gasteiger partial charge in [0, 0.05) is 25.3 Å². The van der Waals surface area contributed by atoms with E-state index in [4.69, 9.17) is 15.2 Å². The predicted octanol–water partition coefficient (Wildman–Crippen LogP) is 2.93. The Hall–Kier alpha value is -2.67. The van der Waals surface area contributed by atoms with E-state index in [0.29, 0.717) is 61.2 Å². The van der Waals surface area contributed by atoms with Gasteiger partial charge in [-0.05, 0) is 39.8 Å². The zero-order valence-corrected chi connectivity index (χ0v) is 16.5. The minimum absolute atomic E-state index is 0.114. The lowest BCUT2D eigenvalue weighted by atomic mass is 10.0. The minimum atomic E-state index is -0.114. The Morgan fingerprint density at radius 3 is 2.48 bits per heavy atom. The third-order valence-electron chi connectivity index (χ3n) is 4.20. The maximum Gasteiger partial charge on any atom is 0.257 e. The zero-order chi connectivity index (χ0) is 19.8. The molecular formula is C20H28N4O3. The highest BCUT2D eigenvalue weighted by Gasteiger charge is 2.24. The molecule has 0 fully saturated rings. The van der Waals surface area contributed by atoms with Crippen LogP contribution in [-0.4, -0.2) is 53.7 Å². The van der Waals surface area contributed by atoms with Crippen LogP contribution in [0.5, 0.6) is 5.75 Å². The molecule has 7 nitrogen and oxygen atoms in total. The highest BCUT2D eigenvalue weighted by atomic mass is 16.5. The summed E-state index contributed by atoms with van der Waals surface area (Å²) in [7, 11) is 0. The number of aromatic nitrogens is 2. The van der Waals surface area contributed by atoms with Gasteiger partial charge >= 0.3 is 0 Å². The molecule has 0 spiro atoms. The molecule has 2 rings (SSSR count). The van der Waals surface area contributed by atoms with Gasteiger partial charge in [0.05, 0.1) is 23.6 Å². The summed E-state index contributed by atoms with van der Waals surface area (Å²) in [5.74, 6) is 0.641. The summed E-state index contributed by atoms with van der Waals surface area (Å²) in [6.07, 6.45) is 0. The number of ether oxygens (including phenoxy) is 2. The van der Waals surface area contributed by atoms with Gasteiger partial charge in [0.1, 0.15) is 12.4 Å². The van der Waals surface area contributed by atoms with Gasteiger partial charge in [0.25, 0.3) is 5.91 Å². The Morgan fingerprint density at radius 2 is 1.81 bits per heavy atom. The van der Waals surface area contributed by atoms with Crippen molar-refractivity contribution < 1.29 is 14.3 Å². The molecule has 1 amide bonds. The standard InChI is InChI=1S/C20H28N4O3/c1-5-24(6-2)19(25)17-14(4)22-20(21)23-18(17)15-10-8-9-11-16(15)27-13-12-26-7-3/h8-11H,5-7,12-13H2,1-4H3,(H2,21,22,23). The Morgan fingerprint density at radius 1 is 1.11 bits per heavy atom. The van der Waals surface area contributed by atoms with E-state index in [9.17, 15) is 4.79 Å². The Labute approximate surface area is 160 Å². The molecule has 1 aromatic heterocycles. The number of nitrogens with two attached hydrogens (primary N) is 1. The lowest BCUT2D eigenvalue weighted by Crippen LogP contribution is -2.32. The molecule has 0 aliphatic carbocycles. The van der Waals surface area contributed by atoms with Crippen molar-refractivity contribution in [2.24, 2.45) is 0 Å². The number of hydrogen-bond acceptors (Lipinski definition) is 6. The van der Waals surface area contributed by atoms with Gasteiger partial charge in [-0.3, -0.25) is 4.79 Å². The van der Waals surface area contributed by atoms with Gasteiger partial charge in [-0.1, -0.05) is 12.1 Å². The number of anilines is 1. The molecule has 0 saturated heterocycles. The number of aryl methyl sites for hydroxylation is 1. The minimum Gasteiger partial charge on any atom is -0.490 e. The molecule has 0 atom stereocenters. The van der Waals surface area contributed by atoms with E-state index in [2.05, 4.69) is 9.97 Å². The van der Waals surface area contributed by atoms with E-state index in [1.54, 1.807) is 11.8 Å². The van der Waals surface area contributed by atoms with Gasteiger partial charge in [-0.15, -0.1) is 0 Å². The molecule has 27 heavy (non-hydrogen) atoms. The molecule has 2 N–H and O–H groups in total. The first kappa shape index (κ1) is 20.6. The molecule has 1 aromatic carbocycles. The van der Waals surface area contributed by atoms with Gasteiger partial charge in [-0.25, -0.2) is 9.97 Å². The summed E-state index contributed by atoms with van der Waals surface area (Å²) < 4.78 is 11.2. The molecule has 0 saturated carbocycles. The number of nitrogen functional groups attached to an aromatic ring is 1. The quantitative estimate of drug-likeness (QED) is 0.681. The Bertz CT molecular complexity index is 776. The summed E-state index contributed by atoms with van der Waals surface area (Å²) in [4.78, 5) is 23.4. The molecule has 0 radical (unpaired) electrons. The first-order chi connectivity index (χ1) is 13.0.